The van der Waals surface area contributed by atoms with Crippen molar-refractivity contribution in [2.24, 2.45) is 11.8 Å². The van der Waals surface area contributed by atoms with E-state index in [1.165, 1.54) is 6.42 Å². The van der Waals surface area contributed by atoms with Crippen LogP contribution in [0.1, 0.15) is 13.3 Å². The Morgan fingerprint density at radius 1 is 1.40 bits per heavy atom. The molecule has 1 fully saturated rings. The van der Waals surface area contributed by atoms with E-state index in [1.54, 1.807) is 0 Å². The second-order valence-electron chi connectivity index (χ2n) is 4.31. The molecule has 15 heavy (non-hydrogen) atoms. The molecule has 82 valence electrons. The summed E-state index contributed by atoms with van der Waals surface area (Å²) >= 11 is 3.57. The lowest BCUT2D eigenvalue weighted by molar-refractivity contribution is 0.359. The Kier molecular flexibility index (Phi) is 3.57. The molecule has 1 aliphatic rings. The third-order valence-corrected chi connectivity index (χ3v) is 3.72. The third-order valence-electron chi connectivity index (χ3n) is 2.80. The smallest absolute Gasteiger partial charge is 0.225 e. The van der Waals surface area contributed by atoms with Crippen LogP contribution in [0, 0.1) is 11.8 Å². The molecule has 2 heterocycles. The van der Waals surface area contributed by atoms with E-state index in [4.69, 9.17) is 0 Å². The number of anilines is 1. The van der Waals surface area contributed by atoms with Gasteiger partial charge in [0.25, 0.3) is 0 Å². The van der Waals surface area contributed by atoms with Crippen molar-refractivity contribution in [3.05, 3.63) is 18.5 Å². The maximum Gasteiger partial charge on any atom is 0.225 e. The van der Waals surface area contributed by atoms with E-state index in [1.807, 2.05) is 18.5 Å². The molecule has 1 aromatic rings. The van der Waals surface area contributed by atoms with Gasteiger partial charge in [0.2, 0.25) is 5.95 Å². The van der Waals surface area contributed by atoms with Gasteiger partial charge in [0.1, 0.15) is 0 Å². The zero-order valence-corrected chi connectivity index (χ0v) is 10.5. The Bertz CT molecular complexity index is 304. The highest BCUT2D eigenvalue weighted by molar-refractivity contribution is 9.09. The van der Waals surface area contributed by atoms with Crippen LogP contribution in [0.15, 0.2) is 18.5 Å². The molecule has 3 nitrogen and oxygen atoms in total. The van der Waals surface area contributed by atoms with Crippen molar-refractivity contribution < 1.29 is 0 Å². The molecule has 2 atom stereocenters. The quantitative estimate of drug-likeness (QED) is 0.772. The zero-order chi connectivity index (χ0) is 10.7. The van der Waals surface area contributed by atoms with Crippen molar-refractivity contribution in [2.75, 3.05) is 23.3 Å². The van der Waals surface area contributed by atoms with Crippen molar-refractivity contribution >= 4 is 21.9 Å². The van der Waals surface area contributed by atoms with Crippen LogP contribution in [0.3, 0.4) is 0 Å². The molecule has 1 saturated heterocycles. The van der Waals surface area contributed by atoms with E-state index >= 15 is 0 Å². The lowest BCUT2D eigenvalue weighted by Gasteiger charge is -2.35. The summed E-state index contributed by atoms with van der Waals surface area (Å²) < 4.78 is 0. The number of nitrogens with zero attached hydrogens (tertiary/aromatic N) is 3. The average Bonchev–Trinajstić information content (AvgIpc) is 2.29. The summed E-state index contributed by atoms with van der Waals surface area (Å²) in [7, 11) is 0. The molecule has 0 saturated carbocycles. The second-order valence-corrected chi connectivity index (χ2v) is 4.96. The Morgan fingerprint density at radius 2 is 2.13 bits per heavy atom. The minimum atomic E-state index is 0.720. The van der Waals surface area contributed by atoms with Crippen LogP contribution in [0.5, 0.6) is 0 Å². The summed E-state index contributed by atoms with van der Waals surface area (Å²) in [5, 5.41) is 1.07. The van der Waals surface area contributed by atoms with Crippen LogP contribution >= 0.6 is 15.9 Å². The lowest BCUT2D eigenvalue weighted by Crippen LogP contribution is -2.41. The number of aromatic nitrogens is 2. The summed E-state index contributed by atoms with van der Waals surface area (Å²) in [6.07, 6.45) is 4.92. The predicted octanol–water partition coefficient (Wildman–Crippen LogP) is 2.33. The lowest BCUT2D eigenvalue weighted by atomic mass is 9.92. The van der Waals surface area contributed by atoms with Crippen LogP contribution in [-0.4, -0.2) is 28.4 Å². The maximum atomic E-state index is 4.31. The Morgan fingerprint density at radius 3 is 2.80 bits per heavy atom. The Labute approximate surface area is 99.0 Å². The fourth-order valence-corrected chi connectivity index (χ4v) is 2.68. The van der Waals surface area contributed by atoms with Crippen LogP contribution < -0.4 is 4.90 Å². The van der Waals surface area contributed by atoms with Gasteiger partial charge in [0.05, 0.1) is 0 Å². The van der Waals surface area contributed by atoms with Gasteiger partial charge in [-0.05, 0) is 24.3 Å². The average molecular weight is 270 g/mol. The summed E-state index contributed by atoms with van der Waals surface area (Å²) in [5.74, 6) is 2.32. The van der Waals surface area contributed by atoms with Gasteiger partial charge in [-0.15, -0.1) is 0 Å². The van der Waals surface area contributed by atoms with Crippen molar-refractivity contribution in [2.45, 2.75) is 13.3 Å². The van der Waals surface area contributed by atoms with E-state index in [9.17, 15) is 0 Å². The predicted molar refractivity (Wildman–Crippen MR) is 65.3 cm³/mol. The summed E-state index contributed by atoms with van der Waals surface area (Å²) in [5.41, 5.74) is 0. The first kappa shape index (κ1) is 10.9. The van der Waals surface area contributed by atoms with Crippen LogP contribution in [0.25, 0.3) is 0 Å². The van der Waals surface area contributed by atoms with E-state index in [0.717, 1.165) is 36.2 Å². The topological polar surface area (TPSA) is 29.0 Å². The van der Waals surface area contributed by atoms with Gasteiger partial charge in [0.15, 0.2) is 0 Å². The van der Waals surface area contributed by atoms with Crippen molar-refractivity contribution in [3.63, 3.8) is 0 Å². The van der Waals surface area contributed by atoms with Gasteiger partial charge < -0.3 is 4.90 Å². The normalized spacial score (nSPS) is 26.7. The number of piperidine rings is 1. The highest BCUT2D eigenvalue weighted by Crippen LogP contribution is 2.25. The molecule has 4 heteroatoms. The third kappa shape index (κ3) is 2.68. The first-order valence-corrected chi connectivity index (χ1v) is 6.49. The van der Waals surface area contributed by atoms with Crippen LogP contribution in [-0.2, 0) is 0 Å². The molecule has 1 aliphatic heterocycles. The molecular formula is C11H16BrN3. The number of halogens is 1. The SMILES string of the molecule is CC1CC(CBr)CN(c2ncccn2)C1. The number of alkyl halides is 1. The second kappa shape index (κ2) is 4.92. The molecule has 0 N–H and O–H groups in total. The fourth-order valence-electron chi connectivity index (χ4n) is 2.21. The van der Waals surface area contributed by atoms with Crippen molar-refractivity contribution in [3.8, 4) is 0 Å². The summed E-state index contributed by atoms with van der Waals surface area (Å²) in [6, 6.07) is 1.86. The molecule has 0 bridgehead atoms. The van der Waals surface area contributed by atoms with Gasteiger partial charge in [0, 0.05) is 30.8 Å². The van der Waals surface area contributed by atoms with Gasteiger partial charge in [-0.1, -0.05) is 22.9 Å². The Hall–Kier alpha value is -0.640. The first-order chi connectivity index (χ1) is 7.29. The van der Waals surface area contributed by atoms with Gasteiger partial charge in [-0.3, -0.25) is 0 Å². The molecule has 1 aromatic heterocycles. The summed E-state index contributed by atoms with van der Waals surface area (Å²) in [4.78, 5) is 10.9. The zero-order valence-electron chi connectivity index (χ0n) is 8.93. The molecular weight excluding hydrogens is 254 g/mol. The highest BCUT2D eigenvalue weighted by atomic mass is 79.9. The van der Waals surface area contributed by atoms with Gasteiger partial charge >= 0.3 is 0 Å². The first-order valence-electron chi connectivity index (χ1n) is 5.37. The maximum absolute atomic E-state index is 4.31. The monoisotopic (exact) mass is 269 g/mol. The van der Waals surface area contributed by atoms with E-state index in [-0.39, 0.29) is 0 Å². The molecule has 0 radical (unpaired) electrons. The van der Waals surface area contributed by atoms with Crippen molar-refractivity contribution in [1.29, 1.82) is 0 Å². The molecule has 0 amide bonds. The molecule has 0 spiro atoms. The number of rotatable bonds is 2. The molecule has 2 unspecified atom stereocenters. The van der Waals surface area contributed by atoms with E-state index in [2.05, 4.69) is 37.7 Å². The fraction of sp³-hybridized carbons (Fsp3) is 0.636. The van der Waals surface area contributed by atoms with Crippen LogP contribution in [0.4, 0.5) is 5.95 Å². The van der Waals surface area contributed by atoms with E-state index < -0.39 is 0 Å². The van der Waals surface area contributed by atoms with Crippen LogP contribution in [0.2, 0.25) is 0 Å². The van der Waals surface area contributed by atoms with Crippen molar-refractivity contribution in [1.82, 2.24) is 9.97 Å². The number of hydrogen-bond acceptors (Lipinski definition) is 3. The van der Waals surface area contributed by atoms with Gasteiger partial charge in [-0.25, -0.2) is 9.97 Å². The minimum absolute atomic E-state index is 0.720. The minimum Gasteiger partial charge on any atom is -0.340 e. The van der Waals surface area contributed by atoms with Gasteiger partial charge in [-0.2, -0.15) is 0 Å². The molecule has 0 aliphatic carbocycles. The number of hydrogen-bond donors (Lipinski definition) is 0. The van der Waals surface area contributed by atoms with E-state index in [0.29, 0.717) is 0 Å². The summed E-state index contributed by atoms with van der Waals surface area (Å²) in [6.45, 7) is 4.44. The molecule has 0 aromatic carbocycles. The largest absolute Gasteiger partial charge is 0.340 e. The Balaban J connectivity index is 2.09. The standard InChI is InChI=1S/C11H16BrN3/c1-9-5-10(6-12)8-15(7-9)11-13-3-2-4-14-11/h2-4,9-10H,5-8H2,1H3. The molecule has 2 rings (SSSR count). The highest BCUT2D eigenvalue weighted by Gasteiger charge is 2.25.